The Morgan fingerprint density at radius 2 is 1.96 bits per heavy atom. The van der Waals surface area contributed by atoms with Gasteiger partial charge in [-0.15, -0.1) is 0 Å². The van der Waals surface area contributed by atoms with Gasteiger partial charge in [0.1, 0.15) is 5.82 Å². The van der Waals surface area contributed by atoms with E-state index >= 15 is 0 Å². The van der Waals surface area contributed by atoms with Gasteiger partial charge in [-0.2, -0.15) is 0 Å². The molecule has 0 spiro atoms. The van der Waals surface area contributed by atoms with E-state index in [4.69, 9.17) is 0 Å². The van der Waals surface area contributed by atoms with Crippen molar-refractivity contribution < 1.29 is 19.1 Å². The van der Waals surface area contributed by atoms with Gasteiger partial charge in [-0.25, -0.2) is 4.39 Å². The lowest BCUT2D eigenvalue weighted by Gasteiger charge is -2.28. The van der Waals surface area contributed by atoms with Crippen LogP contribution in [0.3, 0.4) is 0 Å². The van der Waals surface area contributed by atoms with Crippen LogP contribution in [0, 0.1) is 23.1 Å². The van der Waals surface area contributed by atoms with Gasteiger partial charge in [-0.05, 0) is 17.7 Å². The standard InChI is InChI=1S/C19H25FN2O3/c1-13(2)18(25)22-9-15-8-21(10-19(15,11-22)12-23)17(24)7-14-4-3-5-16(20)6-14/h3-6,13,15,23H,7-12H2,1-2H3/t15-,19+/m0/s1. The van der Waals surface area contributed by atoms with Gasteiger partial charge in [-0.1, -0.05) is 26.0 Å². The first kappa shape index (κ1) is 17.9. The number of nitrogens with zero attached hydrogens (tertiary/aromatic N) is 2. The summed E-state index contributed by atoms with van der Waals surface area (Å²) in [7, 11) is 0. The molecule has 2 aliphatic rings. The van der Waals surface area contributed by atoms with Gasteiger partial charge in [0.2, 0.25) is 11.8 Å². The van der Waals surface area contributed by atoms with Gasteiger partial charge in [0.05, 0.1) is 13.0 Å². The van der Waals surface area contributed by atoms with E-state index in [-0.39, 0.29) is 42.5 Å². The molecule has 3 rings (SSSR count). The number of carbonyl (C=O) groups excluding carboxylic acids is 2. The minimum atomic E-state index is -0.428. The molecule has 0 saturated carbocycles. The smallest absolute Gasteiger partial charge is 0.227 e. The fourth-order valence-corrected chi connectivity index (χ4v) is 4.06. The second-order valence-corrected chi connectivity index (χ2v) is 7.67. The monoisotopic (exact) mass is 348 g/mol. The molecule has 0 radical (unpaired) electrons. The fraction of sp³-hybridized carbons (Fsp3) is 0.579. The fourth-order valence-electron chi connectivity index (χ4n) is 4.06. The zero-order valence-electron chi connectivity index (χ0n) is 14.7. The number of aliphatic hydroxyl groups is 1. The number of halogens is 1. The van der Waals surface area contributed by atoms with Crippen LogP contribution >= 0.6 is 0 Å². The average Bonchev–Trinajstić information content (AvgIpc) is 3.08. The maximum absolute atomic E-state index is 13.3. The summed E-state index contributed by atoms with van der Waals surface area (Å²) < 4.78 is 13.3. The van der Waals surface area contributed by atoms with Gasteiger partial charge in [0.25, 0.3) is 0 Å². The lowest BCUT2D eigenvalue weighted by molar-refractivity contribution is -0.134. The van der Waals surface area contributed by atoms with Gasteiger partial charge in [-0.3, -0.25) is 9.59 Å². The molecule has 0 aliphatic carbocycles. The highest BCUT2D eigenvalue weighted by Gasteiger charge is 2.54. The quantitative estimate of drug-likeness (QED) is 0.892. The Labute approximate surface area is 147 Å². The van der Waals surface area contributed by atoms with Crippen molar-refractivity contribution >= 4 is 11.8 Å². The lowest BCUT2D eigenvalue weighted by Crippen LogP contribution is -2.41. The molecule has 0 unspecified atom stereocenters. The Hall–Kier alpha value is -1.95. The van der Waals surface area contributed by atoms with Crippen LogP contribution in [-0.4, -0.2) is 59.5 Å². The van der Waals surface area contributed by atoms with Crippen LogP contribution in [0.4, 0.5) is 4.39 Å². The first-order chi connectivity index (χ1) is 11.8. The van der Waals surface area contributed by atoms with E-state index in [2.05, 4.69) is 0 Å². The Morgan fingerprint density at radius 1 is 1.28 bits per heavy atom. The Bertz CT molecular complexity index is 678. The maximum Gasteiger partial charge on any atom is 0.227 e. The van der Waals surface area contributed by atoms with Gasteiger partial charge < -0.3 is 14.9 Å². The van der Waals surface area contributed by atoms with Crippen LogP contribution in [0.1, 0.15) is 19.4 Å². The molecule has 25 heavy (non-hydrogen) atoms. The van der Waals surface area contributed by atoms with Crippen LogP contribution in [0.5, 0.6) is 0 Å². The minimum Gasteiger partial charge on any atom is -0.396 e. The number of carbonyl (C=O) groups is 2. The summed E-state index contributed by atoms with van der Waals surface area (Å²) in [6.45, 7) is 5.77. The van der Waals surface area contributed by atoms with Gasteiger partial charge in [0, 0.05) is 43.4 Å². The Balaban J connectivity index is 1.67. The second kappa shape index (κ2) is 6.75. The summed E-state index contributed by atoms with van der Waals surface area (Å²) in [6.07, 6.45) is 0.153. The van der Waals surface area contributed by atoms with Crippen molar-refractivity contribution in [1.82, 2.24) is 9.80 Å². The molecule has 2 fully saturated rings. The zero-order chi connectivity index (χ0) is 18.2. The van der Waals surface area contributed by atoms with E-state index in [0.717, 1.165) is 0 Å². The molecule has 2 saturated heterocycles. The highest BCUT2D eigenvalue weighted by Crippen LogP contribution is 2.42. The largest absolute Gasteiger partial charge is 0.396 e. The molecule has 2 amide bonds. The molecule has 5 nitrogen and oxygen atoms in total. The molecule has 1 N–H and O–H groups in total. The molecule has 1 aromatic rings. The van der Waals surface area contributed by atoms with E-state index in [1.165, 1.54) is 12.1 Å². The summed E-state index contributed by atoms with van der Waals surface area (Å²) in [5.41, 5.74) is 0.221. The highest BCUT2D eigenvalue weighted by molar-refractivity contribution is 5.80. The topological polar surface area (TPSA) is 60.9 Å². The second-order valence-electron chi connectivity index (χ2n) is 7.67. The molecule has 2 aliphatic heterocycles. The number of hydrogen-bond acceptors (Lipinski definition) is 3. The molecule has 1 aromatic carbocycles. The number of aliphatic hydroxyl groups excluding tert-OH is 1. The van der Waals surface area contributed by atoms with E-state index in [1.807, 2.05) is 18.7 Å². The number of hydrogen-bond donors (Lipinski definition) is 1. The predicted octanol–water partition coefficient (Wildman–Crippen LogP) is 1.30. The molecule has 0 bridgehead atoms. The summed E-state index contributed by atoms with van der Waals surface area (Å²) in [5.74, 6) is -0.287. The SMILES string of the molecule is CC(C)C(=O)N1C[C@@H]2CN(C(=O)Cc3cccc(F)c3)C[C@]2(CO)C1. The first-order valence-corrected chi connectivity index (χ1v) is 8.76. The molecule has 6 heteroatoms. The van der Waals surface area contributed by atoms with Gasteiger partial charge >= 0.3 is 0 Å². The van der Waals surface area contributed by atoms with Crippen molar-refractivity contribution in [3.63, 3.8) is 0 Å². The van der Waals surface area contributed by atoms with Crippen molar-refractivity contribution in [3.05, 3.63) is 35.6 Å². The van der Waals surface area contributed by atoms with Crippen LogP contribution in [0.2, 0.25) is 0 Å². The third kappa shape index (κ3) is 3.40. The average molecular weight is 348 g/mol. The van der Waals surface area contributed by atoms with Crippen LogP contribution < -0.4 is 0 Å². The van der Waals surface area contributed by atoms with Crippen LogP contribution in [0.15, 0.2) is 24.3 Å². The summed E-state index contributed by atoms with van der Waals surface area (Å²) in [4.78, 5) is 28.4. The number of likely N-dealkylation sites (tertiary alicyclic amines) is 2. The number of benzene rings is 1. The minimum absolute atomic E-state index is 0.0384. The van der Waals surface area contributed by atoms with E-state index in [9.17, 15) is 19.1 Å². The van der Waals surface area contributed by atoms with E-state index in [1.54, 1.807) is 17.0 Å². The maximum atomic E-state index is 13.3. The molecular weight excluding hydrogens is 323 g/mol. The Kier molecular flexibility index (Phi) is 4.82. The molecule has 2 heterocycles. The third-order valence-corrected chi connectivity index (χ3v) is 5.48. The number of rotatable bonds is 4. The normalized spacial score (nSPS) is 25.6. The first-order valence-electron chi connectivity index (χ1n) is 8.76. The van der Waals surface area contributed by atoms with Crippen molar-refractivity contribution in [3.8, 4) is 0 Å². The predicted molar refractivity (Wildman–Crippen MR) is 91.1 cm³/mol. The molecular formula is C19H25FN2O3. The van der Waals surface area contributed by atoms with Crippen LogP contribution in [-0.2, 0) is 16.0 Å². The zero-order valence-corrected chi connectivity index (χ0v) is 14.7. The summed E-state index contributed by atoms with van der Waals surface area (Å²) in [5, 5.41) is 9.97. The van der Waals surface area contributed by atoms with Crippen molar-refractivity contribution in [2.45, 2.75) is 20.3 Å². The van der Waals surface area contributed by atoms with E-state index < -0.39 is 5.41 Å². The number of amides is 2. The number of fused-ring (bicyclic) bond motifs is 1. The Morgan fingerprint density at radius 3 is 2.56 bits per heavy atom. The van der Waals surface area contributed by atoms with Crippen LogP contribution in [0.25, 0.3) is 0 Å². The van der Waals surface area contributed by atoms with Gasteiger partial charge in [0.15, 0.2) is 0 Å². The highest BCUT2D eigenvalue weighted by atomic mass is 19.1. The summed E-state index contributed by atoms with van der Waals surface area (Å²) in [6, 6.07) is 6.07. The third-order valence-electron chi connectivity index (χ3n) is 5.48. The molecule has 2 atom stereocenters. The van der Waals surface area contributed by atoms with Crippen molar-refractivity contribution in [2.75, 3.05) is 32.8 Å². The van der Waals surface area contributed by atoms with E-state index in [0.29, 0.717) is 31.7 Å². The van der Waals surface area contributed by atoms with Crippen molar-refractivity contribution in [2.24, 2.45) is 17.3 Å². The van der Waals surface area contributed by atoms with Crippen molar-refractivity contribution in [1.29, 1.82) is 0 Å². The molecule has 136 valence electrons. The summed E-state index contributed by atoms with van der Waals surface area (Å²) >= 11 is 0. The molecule has 0 aromatic heterocycles. The lowest BCUT2D eigenvalue weighted by atomic mass is 9.82.